The van der Waals surface area contributed by atoms with Crippen molar-refractivity contribution in [3.05, 3.63) is 113 Å². The lowest BCUT2D eigenvalue weighted by atomic mass is 10.0. The van der Waals surface area contributed by atoms with Crippen LogP contribution in [0.4, 0.5) is 0 Å². The zero-order valence-electron chi connectivity index (χ0n) is 18.6. The Bertz CT molecular complexity index is 1310. The van der Waals surface area contributed by atoms with E-state index in [2.05, 4.69) is 10.2 Å². The van der Waals surface area contributed by atoms with E-state index in [1.165, 1.54) is 0 Å². The summed E-state index contributed by atoms with van der Waals surface area (Å²) in [5, 5.41) is 8.71. The molecule has 6 heteroatoms. The van der Waals surface area contributed by atoms with Crippen molar-refractivity contribution in [3.63, 3.8) is 0 Å². The molecule has 0 saturated carbocycles. The van der Waals surface area contributed by atoms with E-state index in [1.54, 1.807) is 0 Å². The van der Waals surface area contributed by atoms with Crippen LogP contribution in [0.15, 0.2) is 89.9 Å². The molecule has 0 amide bonds. The average molecular weight is 437 g/mol. The summed E-state index contributed by atoms with van der Waals surface area (Å²) in [6.07, 6.45) is -0.279. The van der Waals surface area contributed by atoms with Gasteiger partial charge in [-0.05, 0) is 25.5 Å². The largest absolute Gasteiger partial charge is 0.458 e. The molecule has 1 unspecified atom stereocenters. The normalized spacial score (nSPS) is 15.6. The quantitative estimate of drug-likeness (QED) is 0.405. The zero-order chi connectivity index (χ0) is 22.8. The molecule has 0 fully saturated rings. The topological polar surface area (TPSA) is 69.4 Å². The number of aryl methyl sites for hydroxylation is 1. The Hall–Kier alpha value is -4.06. The summed E-state index contributed by atoms with van der Waals surface area (Å²) < 4.78 is 7.75. The molecular weight excluding hydrogens is 412 g/mol. The second kappa shape index (κ2) is 8.82. The van der Waals surface area contributed by atoms with Crippen molar-refractivity contribution in [2.24, 2.45) is 4.99 Å². The Morgan fingerprint density at radius 2 is 1.61 bits per heavy atom. The summed E-state index contributed by atoms with van der Waals surface area (Å²) in [7, 11) is 0. The van der Waals surface area contributed by atoms with Gasteiger partial charge in [-0.25, -0.2) is 0 Å². The van der Waals surface area contributed by atoms with Gasteiger partial charge in [0.05, 0.1) is 17.8 Å². The van der Waals surface area contributed by atoms with Crippen molar-refractivity contribution in [2.45, 2.75) is 32.4 Å². The van der Waals surface area contributed by atoms with Gasteiger partial charge in [0.2, 0.25) is 0 Å². The standard InChI is InChI=1S/C27H24N4O2/c1-18(20-11-5-3-6-12-20)33-25(32)17-23-27-30-29-19(2)31(27)24-16-10-9-15-22(24)26(28-23)21-13-7-4-8-14-21/h3-16,18,23H,17H2,1-2H3/t18-,23?/m1/s1. The molecule has 0 N–H and O–H groups in total. The molecule has 0 bridgehead atoms. The SMILES string of the molecule is Cc1nnc2n1-c1ccccc1C(c1ccccc1)=NC2CC(=O)O[C@H](C)c1ccccc1. The second-order valence-corrected chi connectivity index (χ2v) is 8.06. The molecule has 6 nitrogen and oxygen atoms in total. The first-order valence-corrected chi connectivity index (χ1v) is 11.0. The smallest absolute Gasteiger partial charge is 0.309 e. The van der Waals surface area contributed by atoms with E-state index in [0.29, 0.717) is 5.82 Å². The lowest BCUT2D eigenvalue weighted by molar-refractivity contribution is -0.149. The first-order chi connectivity index (χ1) is 16.1. The maximum Gasteiger partial charge on any atom is 0.309 e. The van der Waals surface area contributed by atoms with Gasteiger partial charge in [-0.2, -0.15) is 0 Å². The minimum absolute atomic E-state index is 0.0691. The third-order valence-corrected chi connectivity index (χ3v) is 5.82. The van der Waals surface area contributed by atoms with E-state index in [1.807, 2.05) is 103 Å². The van der Waals surface area contributed by atoms with Crippen LogP contribution in [0.2, 0.25) is 0 Å². The number of nitrogens with zero attached hydrogens (tertiary/aromatic N) is 4. The second-order valence-electron chi connectivity index (χ2n) is 8.06. The van der Waals surface area contributed by atoms with Gasteiger partial charge in [-0.3, -0.25) is 14.4 Å². The zero-order valence-corrected chi connectivity index (χ0v) is 18.6. The van der Waals surface area contributed by atoms with Crippen LogP contribution >= 0.6 is 0 Å². The van der Waals surface area contributed by atoms with E-state index in [0.717, 1.165) is 33.9 Å². The maximum atomic E-state index is 13.0. The van der Waals surface area contributed by atoms with Crippen molar-refractivity contribution in [2.75, 3.05) is 0 Å². The van der Waals surface area contributed by atoms with Crippen molar-refractivity contribution in [1.82, 2.24) is 14.8 Å². The lowest BCUT2D eigenvalue weighted by Gasteiger charge is -2.16. The van der Waals surface area contributed by atoms with Crippen LogP contribution in [-0.2, 0) is 9.53 Å². The van der Waals surface area contributed by atoms with Crippen molar-refractivity contribution in [3.8, 4) is 5.69 Å². The molecule has 1 aliphatic heterocycles. The Balaban J connectivity index is 1.54. The fraction of sp³-hybridized carbons (Fsp3) is 0.185. The van der Waals surface area contributed by atoms with E-state index in [9.17, 15) is 4.79 Å². The van der Waals surface area contributed by atoms with Gasteiger partial charge in [0.15, 0.2) is 5.82 Å². The van der Waals surface area contributed by atoms with Crippen LogP contribution in [0.25, 0.3) is 5.69 Å². The highest BCUT2D eigenvalue weighted by Gasteiger charge is 2.30. The van der Waals surface area contributed by atoms with E-state index in [4.69, 9.17) is 9.73 Å². The molecule has 1 aliphatic rings. The van der Waals surface area contributed by atoms with Crippen molar-refractivity contribution in [1.29, 1.82) is 0 Å². The lowest BCUT2D eigenvalue weighted by Crippen LogP contribution is -2.15. The molecule has 164 valence electrons. The molecule has 0 spiro atoms. The van der Waals surface area contributed by atoms with Crippen LogP contribution in [0.5, 0.6) is 0 Å². The Morgan fingerprint density at radius 1 is 0.939 bits per heavy atom. The van der Waals surface area contributed by atoms with Crippen LogP contribution in [0.3, 0.4) is 0 Å². The first kappa shape index (κ1) is 20.8. The highest BCUT2D eigenvalue weighted by Crippen LogP contribution is 2.33. The van der Waals surface area contributed by atoms with Gasteiger partial charge in [0.1, 0.15) is 18.0 Å². The van der Waals surface area contributed by atoms with Crippen molar-refractivity contribution >= 4 is 11.7 Å². The number of carbonyl (C=O) groups is 1. The molecular formula is C27H24N4O2. The number of carbonyl (C=O) groups excluding carboxylic acids is 1. The number of rotatable bonds is 5. The van der Waals surface area contributed by atoms with Gasteiger partial charge in [0.25, 0.3) is 0 Å². The highest BCUT2D eigenvalue weighted by molar-refractivity contribution is 6.15. The minimum Gasteiger partial charge on any atom is -0.458 e. The monoisotopic (exact) mass is 436 g/mol. The molecule has 2 heterocycles. The van der Waals surface area contributed by atoms with Gasteiger partial charge in [0, 0.05) is 11.1 Å². The number of hydrogen-bond donors (Lipinski definition) is 0. The maximum absolute atomic E-state index is 13.0. The number of aromatic nitrogens is 3. The summed E-state index contributed by atoms with van der Waals surface area (Å²) in [6, 6.07) is 27.3. The van der Waals surface area contributed by atoms with E-state index >= 15 is 0 Å². The van der Waals surface area contributed by atoms with Crippen LogP contribution in [0.1, 0.15) is 53.8 Å². The summed E-state index contributed by atoms with van der Waals surface area (Å²) in [5.74, 6) is 1.05. The summed E-state index contributed by atoms with van der Waals surface area (Å²) in [5.41, 5.74) is 4.68. The minimum atomic E-state index is -0.524. The molecule has 0 radical (unpaired) electrons. The Kier molecular flexibility index (Phi) is 5.57. The average Bonchev–Trinajstić information content (AvgIpc) is 3.17. The fourth-order valence-electron chi connectivity index (χ4n) is 4.20. The van der Waals surface area contributed by atoms with Gasteiger partial charge in [-0.15, -0.1) is 10.2 Å². The van der Waals surface area contributed by atoms with Crippen molar-refractivity contribution < 1.29 is 9.53 Å². The molecule has 2 atom stereocenters. The summed E-state index contributed by atoms with van der Waals surface area (Å²) in [4.78, 5) is 18.0. The molecule has 33 heavy (non-hydrogen) atoms. The predicted octanol–water partition coefficient (Wildman–Crippen LogP) is 5.16. The number of ether oxygens (including phenoxy) is 1. The van der Waals surface area contributed by atoms with Crippen LogP contribution in [0, 0.1) is 6.92 Å². The predicted molar refractivity (Wildman–Crippen MR) is 126 cm³/mol. The number of esters is 1. The first-order valence-electron chi connectivity index (χ1n) is 11.0. The Labute approximate surface area is 192 Å². The van der Waals surface area contributed by atoms with Crippen LogP contribution in [-0.4, -0.2) is 26.4 Å². The number of hydrogen-bond acceptors (Lipinski definition) is 5. The number of para-hydroxylation sites is 1. The van der Waals surface area contributed by atoms with Gasteiger partial charge >= 0.3 is 5.97 Å². The van der Waals surface area contributed by atoms with Gasteiger partial charge in [-0.1, -0.05) is 78.9 Å². The molecule has 0 aliphatic carbocycles. The molecule has 1 aromatic heterocycles. The van der Waals surface area contributed by atoms with E-state index in [-0.39, 0.29) is 18.5 Å². The third kappa shape index (κ3) is 4.07. The highest BCUT2D eigenvalue weighted by atomic mass is 16.5. The Morgan fingerprint density at radius 3 is 2.36 bits per heavy atom. The molecule has 5 rings (SSSR count). The van der Waals surface area contributed by atoms with Crippen LogP contribution < -0.4 is 0 Å². The van der Waals surface area contributed by atoms with E-state index < -0.39 is 6.04 Å². The molecule has 4 aromatic rings. The number of aliphatic imine (C=N–C) groups is 1. The third-order valence-electron chi connectivity index (χ3n) is 5.82. The fourth-order valence-corrected chi connectivity index (χ4v) is 4.20. The molecule has 3 aromatic carbocycles. The summed E-state index contributed by atoms with van der Waals surface area (Å²) >= 11 is 0. The van der Waals surface area contributed by atoms with Gasteiger partial charge < -0.3 is 4.74 Å². The number of benzene rings is 3. The molecule has 0 saturated heterocycles. The summed E-state index contributed by atoms with van der Waals surface area (Å²) in [6.45, 7) is 3.79. The number of fused-ring (bicyclic) bond motifs is 3.